The number of rotatable bonds is 3. The van der Waals surface area contributed by atoms with Crippen LogP contribution in [0.3, 0.4) is 0 Å². The van der Waals surface area contributed by atoms with Crippen LogP contribution in [0.1, 0.15) is 29.7 Å². The maximum absolute atomic E-state index is 11.3. The Morgan fingerprint density at radius 1 is 1.33 bits per heavy atom. The summed E-state index contributed by atoms with van der Waals surface area (Å²) in [6, 6.07) is 5.56. The van der Waals surface area contributed by atoms with Gasteiger partial charge in [-0.3, -0.25) is 0 Å². The van der Waals surface area contributed by atoms with Gasteiger partial charge in [0.05, 0.1) is 6.61 Å². The summed E-state index contributed by atoms with van der Waals surface area (Å²) in [5.74, 6) is -0.595. The Kier molecular flexibility index (Phi) is 3.86. The summed E-state index contributed by atoms with van der Waals surface area (Å²) in [5.41, 5.74) is 2.63. The van der Waals surface area contributed by atoms with E-state index in [0.29, 0.717) is 5.56 Å². The summed E-state index contributed by atoms with van der Waals surface area (Å²) in [6.07, 6.45) is -1.18. The largest absolute Gasteiger partial charge is 0.464 e. The second-order valence-corrected chi connectivity index (χ2v) is 3.58. The Morgan fingerprint density at radius 2 is 1.87 bits per heavy atom. The third-order valence-corrected chi connectivity index (χ3v) is 2.07. The second-order valence-electron chi connectivity index (χ2n) is 3.58. The highest BCUT2D eigenvalue weighted by Crippen LogP contribution is 2.18. The van der Waals surface area contributed by atoms with Crippen LogP contribution in [0.4, 0.5) is 0 Å². The van der Waals surface area contributed by atoms with Crippen LogP contribution in [0, 0.1) is 13.8 Å². The zero-order valence-corrected chi connectivity index (χ0v) is 9.28. The molecule has 0 aliphatic rings. The normalized spacial score (nSPS) is 12.3. The molecule has 0 bridgehead atoms. The van der Waals surface area contributed by atoms with Gasteiger partial charge in [0.25, 0.3) is 0 Å². The minimum absolute atomic E-state index is 0.278. The molecule has 15 heavy (non-hydrogen) atoms. The van der Waals surface area contributed by atoms with Crippen molar-refractivity contribution in [3.05, 3.63) is 34.9 Å². The highest BCUT2D eigenvalue weighted by Gasteiger charge is 2.18. The highest BCUT2D eigenvalue weighted by atomic mass is 16.5. The molecule has 1 aromatic carbocycles. The molecule has 1 rings (SSSR count). The molecule has 1 aromatic rings. The molecule has 0 saturated carbocycles. The molecule has 3 nitrogen and oxygen atoms in total. The molecule has 0 saturated heterocycles. The SMILES string of the molecule is CCOC(=O)C(O)c1cc(C)cc(C)c1. The van der Waals surface area contributed by atoms with E-state index < -0.39 is 12.1 Å². The molecule has 0 aliphatic heterocycles. The van der Waals surface area contributed by atoms with E-state index in [1.165, 1.54) is 0 Å². The van der Waals surface area contributed by atoms with Gasteiger partial charge in [0.15, 0.2) is 6.10 Å². The number of carbonyl (C=O) groups is 1. The fraction of sp³-hybridized carbons (Fsp3) is 0.417. The van der Waals surface area contributed by atoms with Gasteiger partial charge < -0.3 is 9.84 Å². The fourth-order valence-corrected chi connectivity index (χ4v) is 1.53. The van der Waals surface area contributed by atoms with Gasteiger partial charge in [-0.05, 0) is 26.3 Å². The zero-order chi connectivity index (χ0) is 11.4. The van der Waals surface area contributed by atoms with E-state index in [-0.39, 0.29) is 6.61 Å². The quantitative estimate of drug-likeness (QED) is 0.772. The zero-order valence-electron chi connectivity index (χ0n) is 9.28. The van der Waals surface area contributed by atoms with Gasteiger partial charge in [0.2, 0.25) is 0 Å². The molecule has 0 fully saturated rings. The molecule has 0 spiro atoms. The van der Waals surface area contributed by atoms with Gasteiger partial charge >= 0.3 is 5.97 Å². The van der Waals surface area contributed by atoms with E-state index in [1.54, 1.807) is 19.1 Å². The minimum Gasteiger partial charge on any atom is -0.464 e. The monoisotopic (exact) mass is 208 g/mol. The summed E-state index contributed by atoms with van der Waals surface area (Å²) in [5, 5.41) is 9.69. The summed E-state index contributed by atoms with van der Waals surface area (Å²) in [4.78, 5) is 11.3. The summed E-state index contributed by atoms with van der Waals surface area (Å²) < 4.78 is 4.75. The van der Waals surface area contributed by atoms with Crippen molar-refractivity contribution in [2.75, 3.05) is 6.61 Å². The molecular formula is C12H16O3. The maximum atomic E-state index is 11.3. The summed E-state index contributed by atoms with van der Waals surface area (Å²) >= 11 is 0. The van der Waals surface area contributed by atoms with Crippen LogP contribution in [0.15, 0.2) is 18.2 Å². The lowest BCUT2D eigenvalue weighted by Gasteiger charge is -2.11. The van der Waals surface area contributed by atoms with E-state index in [9.17, 15) is 9.90 Å². The van der Waals surface area contributed by atoms with Crippen molar-refractivity contribution < 1.29 is 14.6 Å². The lowest BCUT2D eigenvalue weighted by atomic mass is 10.0. The highest BCUT2D eigenvalue weighted by molar-refractivity contribution is 5.76. The number of hydrogen-bond acceptors (Lipinski definition) is 3. The average Bonchev–Trinajstić information content (AvgIpc) is 2.15. The number of esters is 1. The van der Waals surface area contributed by atoms with Gasteiger partial charge in [0.1, 0.15) is 0 Å². The van der Waals surface area contributed by atoms with Crippen LogP contribution in [0.2, 0.25) is 0 Å². The molecular weight excluding hydrogens is 192 g/mol. The van der Waals surface area contributed by atoms with Crippen molar-refractivity contribution in [2.24, 2.45) is 0 Å². The fourth-order valence-electron chi connectivity index (χ4n) is 1.53. The average molecular weight is 208 g/mol. The van der Waals surface area contributed by atoms with E-state index in [2.05, 4.69) is 0 Å². The molecule has 1 unspecified atom stereocenters. The third kappa shape index (κ3) is 3.06. The van der Waals surface area contributed by atoms with Gasteiger partial charge in [-0.2, -0.15) is 0 Å². The van der Waals surface area contributed by atoms with Crippen LogP contribution in [0.5, 0.6) is 0 Å². The van der Waals surface area contributed by atoms with Crippen molar-refractivity contribution in [3.8, 4) is 0 Å². The maximum Gasteiger partial charge on any atom is 0.339 e. The molecule has 0 aromatic heterocycles. The third-order valence-electron chi connectivity index (χ3n) is 2.07. The predicted molar refractivity (Wildman–Crippen MR) is 57.5 cm³/mol. The Balaban J connectivity index is 2.90. The minimum atomic E-state index is -1.18. The van der Waals surface area contributed by atoms with Crippen molar-refractivity contribution in [1.82, 2.24) is 0 Å². The van der Waals surface area contributed by atoms with Crippen LogP contribution in [-0.4, -0.2) is 17.7 Å². The van der Waals surface area contributed by atoms with Gasteiger partial charge in [-0.1, -0.05) is 29.3 Å². The van der Waals surface area contributed by atoms with Crippen molar-refractivity contribution in [3.63, 3.8) is 0 Å². The first-order valence-corrected chi connectivity index (χ1v) is 4.97. The van der Waals surface area contributed by atoms with E-state index >= 15 is 0 Å². The van der Waals surface area contributed by atoms with Gasteiger partial charge in [-0.25, -0.2) is 4.79 Å². The standard InChI is InChI=1S/C12H16O3/c1-4-15-12(14)11(13)10-6-8(2)5-9(3)7-10/h5-7,11,13H,4H2,1-3H3. The molecule has 0 heterocycles. The molecule has 1 atom stereocenters. The molecule has 0 aliphatic carbocycles. The van der Waals surface area contributed by atoms with Crippen molar-refractivity contribution in [1.29, 1.82) is 0 Å². The molecule has 82 valence electrons. The number of hydrogen-bond donors (Lipinski definition) is 1. The lowest BCUT2D eigenvalue weighted by Crippen LogP contribution is -2.15. The lowest BCUT2D eigenvalue weighted by molar-refractivity contribution is -0.153. The first-order valence-electron chi connectivity index (χ1n) is 4.97. The number of aliphatic hydroxyl groups is 1. The number of aryl methyl sites for hydroxylation is 2. The molecule has 3 heteroatoms. The second kappa shape index (κ2) is 4.94. The van der Waals surface area contributed by atoms with Crippen LogP contribution < -0.4 is 0 Å². The van der Waals surface area contributed by atoms with Crippen molar-refractivity contribution in [2.45, 2.75) is 26.9 Å². The van der Waals surface area contributed by atoms with Crippen LogP contribution >= 0.6 is 0 Å². The number of carbonyl (C=O) groups excluding carboxylic acids is 1. The van der Waals surface area contributed by atoms with Crippen LogP contribution in [0.25, 0.3) is 0 Å². The number of ether oxygens (including phenoxy) is 1. The Morgan fingerprint density at radius 3 is 2.33 bits per heavy atom. The predicted octanol–water partition coefficient (Wildman–Crippen LogP) is 1.90. The molecule has 1 N–H and O–H groups in total. The number of benzene rings is 1. The van der Waals surface area contributed by atoms with E-state index in [1.807, 2.05) is 19.9 Å². The molecule has 0 amide bonds. The first-order chi connectivity index (χ1) is 7.04. The van der Waals surface area contributed by atoms with Crippen molar-refractivity contribution >= 4 is 5.97 Å². The first kappa shape index (κ1) is 11.7. The van der Waals surface area contributed by atoms with E-state index in [0.717, 1.165) is 11.1 Å². The van der Waals surface area contributed by atoms with E-state index in [4.69, 9.17) is 4.74 Å². The van der Waals surface area contributed by atoms with Crippen LogP contribution in [-0.2, 0) is 9.53 Å². The Labute approximate surface area is 89.7 Å². The Bertz CT molecular complexity index is 338. The number of aliphatic hydroxyl groups excluding tert-OH is 1. The summed E-state index contributed by atoms with van der Waals surface area (Å²) in [7, 11) is 0. The Hall–Kier alpha value is -1.35. The topological polar surface area (TPSA) is 46.5 Å². The van der Waals surface area contributed by atoms with Gasteiger partial charge in [-0.15, -0.1) is 0 Å². The summed E-state index contributed by atoms with van der Waals surface area (Å²) in [6.45, 7) is 5.84. The smallest absolute Gasteiger partial charge is 0.339 e. The van der Waals surface area contributed by atoms with Gasteiger partial charge in [0, 0.05) is 0 Å². The molecule has 0 radical (unpaired) electrons.